The number of hydrogen-bond acceptors (Lipinski definition) is 6. The monoisotopic (exact) mass is 489 g/mol. The van der Waals surface area contributed by atoms with E-state index in [1.165, 1.54) is 18.2 Å². The number of halogens is 1. The van der Waals surface area contributed by atoms with E-state index in [0.717, 1.165) is 10.9 Å². The van der Waals surface area contributed by atoms with E-state index in [2.05, 4.69) is 22.2 Å². The van der Waals surface area contributed by atoms with E-state index in [1.807, 2.05) is 48.0 Å². The third kappa shape index (κ3) is 5.64. The quantitative estimate of drug-likeness (QED) is 0.306. The van der Waals surface area contributed by atoms with Gasteiger partial charge in [0.2, 0.25) is 5.91 Å². The van der Waals surface area contributed by atoms with Crippen molar-refractivity contribution in [3.05, 3.63) is 79.4 Å². The molecule has 0 saturated carbocycles. The molecular weight excluding hydrogens is 461 g/mol. The number of nitrogens with one attached hydrogen (secondary N) is 2. The maximum absolute atomic E-state index is 13.8. The van der Waals surface area contributed by atoms with Gasteiger partial charge in [0.25, 0.3) is 0 Å². The number of rotatable bonds is 10. The Bertz CT molecular complexity index is 1400. The van der Waals surface area contributed by atoms with Crippen LogP contribution < -0.4 is 20.1 Å². The molecule has 1 amide bonds. The van der Waals surface area contributed by atoms with Crippen LogP contribution in [0.5, 0.6) is 11.5 Å². The molecule has 2 N–H and O–H groups in total. The minimum absolute atomic E-state index is 0.312. The predicted octanol–water partition coefficient (Wildman–Crippen LogP) is 4.98. The second-order valence-electron chi connectivity index (χ2n) is 8.31. The van der Waals surface area contributed by atoms with Gasteiger partial charge in [-0.05, 0) is 50.5 Å². The summed E-state index contributed by atoms with van der Waals surface area (Å²) in [6, 6.07) is 13.6. The van der Waals surface area contributed by atoms with Gasteiger partial charge in [-0.2, -0.15) is 0 Å². The first-order valence-corrected chi connectivity index (χ1v) is 11.3. The Balaban J connectivity index is 1.69. The summed E-state index contributed by atoms with van der Waals surface area (Å²) in [6.45, 7) is 4.65. The second-order valence-corrected chi connectivity index (χ2v) is 8.31. The summed E-state index contributed by atoms with van der Waals surface area (Å²) in [7, 11) is 5.45. The van der Waals surface area contributed by atoms with E-state index in [4.69, 9.17) is 9.47 Å². The summed E-state index contributed by atoms with van der Waals surface area (Å²) in [5.74, 6) is 0.843. The third-order valence-corrected chi connectivity index (χ3v) is 5.46. The number of benzene rings is 2. The first-order chi connectivity index (χ1) is 17.4. The molecule has 2 aromatic carbocycles. The Morgan fingerprint density at radius 2 is 2.00 bits per heavy atom. The molecule has 186 valence electrons. The zero-order valence-electron chi connectivity index (χ0n) is 20.4. The molecule has 0 unspecified atom stereocenters. The number of nitrogens with zero attached hydrogens (tertiary/aromatic N) is 3. The zero-order chi connectivity index (χ0) is 25.7. The van der Waals surface area contributed by atoms with E-state index in [-0.39, 0.29) is 11.7 Å². The van der Waals surface area contributed by atoms with Gasteiger partial charge >= 0.3 is 0 Å². The van der Waals surface area contributed by atoms with Crippen LogP contribution in [0.3, 0.4) is 0 Å². The second kappa shape index (κ2) is 10.9. The SMILES string of the molecule is C=CC(=O)Nc1cc(Nc2cc3c(ccn3-c3cccc(F)c3)cn2)c(OC)cc1OCCN(C)C. The zero-order valence-corrected chi connectivity index (χ0v) is 20.4. The number of carbonyl (C=O) groups is 1. The van der Waals surface area contributed by atoms with Crippen molar-refractivity contribution in [2.75, 3.05) is 45.0 Å². The van der Waals surface area contributed by atoms with Gasteiger partial charge in [0.15, 0.2) is 0 Å². The first-order valence-electron chi connectivity index (χ1n) is 11.3. The van der Waals surface area contributed by atoms with Gasteiger partial charge in [-0.15, -0.1) is 0 Å². The summed E-state index contributed by atoms with van der Waals surface area (Å²) in [6.07, 6.45) is 4.80. The molecule has 4 rings (SSSR count). The van der Waals surface area contributed by atoms with Crippen LogP contribution in [0.1, 0.15) is 0 Å². The largest absolute Gasteiger partial charge is 0.494 e. The number of amides is 1. The molecule has 0 spiro atoms. The Hall–Kier alpha value is -4.37. The van der Waals surface area contributed by atoms with E-state index >= 15 is 0 Å². The fourth-order valence-electron chi connectivity index (χ4n) is 3.65. The molecule has 0 atom stereocenters. The van der Waals surface area contributed by atoms with Crippen LogP contribution >= 0.6 is 0 Å². The highest BCUT2D eigenvalue weighted by molar-refractivity contribution is 6.00. The van der Waals surface area contributed by atoms with Crippen molar-refractivity contribution < 1.29 is 18.7 Å². The summed E-state index contributed by atoms with van der Waals surface area (Å²) in [4.78, 5) is 18.6. The smallest absolute Gasteiger partial charge is 0.247 e. The number of carbonyl (C=O) groups excluding carboxylic acids is 1. The molecule has 0 radical (unpaired) electrons. The number of anilines is 3. The third-order valence-electron chi connectivity index (χ3n) is 5.46. The summed E-state index contributed by atoms with van der Waals surface area (Å²) in [5, 5.41) is 6.95. The molecule has 8 nitrogen and oxygen atoms in total. The van der Waals surface area contributed by atoms with Crippen LogP contribution in [-0.4, -0.2) is 54.7 Å². The first kappa shape index (κ1) is 24.7. The van der Waals surface area contributed by atoms with Crippen LogP contribution in [0, 0.1) is 5.82 Å². The summed E-state index contributed by atoms with van der Waals surface area (Å²) in [5.41, 5.74) is 2.59. The molecule has 9 heteroatoms. The average Bonchev–Trinajstić information content (AvgIpc) is 3.28. The van der Waals surface area contributed by atoms with E-state index in [0.29, 0.717) is 47.5 Å². The van der Waals surface area contributed by atoms with Crippen molar-refractivity contribution in [2.24, 2.45) is 0 Å². The van der Waals surface area contributed by atoms with Crippen LogP contribution in [0.25, 0.3) is 16.6 Å². The van der Waals surface area contributed by atoms with E-state index in [1.54, 1.807) is 31.5 Å². The molecular formula is C27H28FN5O3. The van der Waals surface area contributed by atoms with Crippen molar-refractivity contribution in [3.63, 3.8) is 0 Å². The highest BCUT2D eigenvalue weighted by atomic mass is 19.1. The number of likely N-dealkylation sites (N-methyl/N-ethyl adjacent to an activating group) is 1. The van der Waals surface area contributed by atoms with Crippen molar-refractivity contribution in [1.82, 2.24) is 14.5 Å². The Morgan fingerprint density at radius 1 is 1.17 bits per heavy atom. The fourth-order valence-corrected chi connectivity index (χ4v) is 3.65. The van der Waals surface area contributed by atoms with Gasteiger partial charge in [-0.1, -0.05) is 12.6 Å². The van der Waals surface area contributed by atoms with Crippen molar-refractivity contribution in [3.8, 4) is 17.2 Å². The van der Waals surface area contributed by atoms with Gasteiger partial charge < -0.3 is 29.6 Å². The summed E-state index contributed by atoms with van der Waals surface area (Å²) >= 11 is 0. The van der Waals surface area contributed by atoms with Crippen LogP contribution in [0.15, 0.2) is 73.6 Å². The molecule has 0 bridgehead atoms. The fraction of sp³-hybridized carbons (Fsp3) is 0.185. The molecule has 0 saturated heterocycles. The lowest BCUT2D eigenvalue weighted by atomic mass is 10.2. The number of pyridine rings is 1. The highest BCUT2D eigenvalue weighted by Gasteiger charge is 2.15. The predicted molar refractivity (Wildman–Crippen MR) is 140 cm³/mol. The lowest BCUT2D eigenvalue weighted by molar-refractivity contribution is -0.111. The minimum atomic E-state index is -0.365. The Morgan fingerprint density at radius 3 is 2.72 bits per heavy atom. The molecule has 0 aliphatic heterocycles. The molecule has 2 heterocycles. The molecule has 0 aliphatic carbocycles. The lowest BCUT2D eigenvalue weighted by Gasteiger charge is -2.18. The van der Waals surface area contributed by atoms with Crippen LogP contribution in [-0.2, 0) is 4.79 Å². The number of hydrogen-bond donors (Lipinski definition) is 2. The standard InChI is InChI=1S/C27H28FN5O3/c1-5-27(34)31-22-14-21(24(35-4)16-25(22)36-12-11-32(2)3)30-26-15-23-18(17-29-26)9-10-33(23)20-8-6-7-19(28)13-20/h5-10,13-17H,1,11-12H2,2-4H3,(H,29,30)(H,31,34). The summed E-state index contributed by atoms with van der Waals surface area (Å²) < 4.78 is 27.2. The van der Waals surface area contributed by atoms with Gasteiger partial charge in [-0.25, -0.2) is 9.37 Å². The maximum atomic E-state index is 13.8. The van der Waals surface area contributed by atoms with E-state index in [9.17, 15) is 9.18 Å². The molecule has 36 heavy (non-hydrogen) atoms. The van der Waals surface area contributed by atoms with Crippen molar-refractivity contribution >= 4 is 34.0 Å². The highest BCUT2D eigenvalue weighted by Crippen LogP contribution is 2.38. The normalized spacial score (nSPS) is 10.9. The number of ether oxygens (including phenoxy) is 2. The van der Waals surface area contributed by atoms with Crippen molar-refractivity contribution in [1.29, 1.82) is 0 Å². The minimum Gasteiger partial charge on any atom is -0.494 e. The van der Waals surface area contributed by atoms with Gasteiger partial charge in [0, 0.05) is 42.1 Å². The number of aromatic nitrogens is 2. The van der Waals surface area contributed by atoms with Crippen LogP contribution in [0.2, 0.25) is 0 Å². The Kier molecular flexibility index (Phi) is 7.50. The molecule has 0 aliphatic rings. The van der Waals surface area contributed by atoms with E-state index < -0.39 is 0 Å². The molecule has 4 aromatic rings. The molecule has 2 aromatic heterocycles. The maximum Gasteiger partial charge on any atom is 0.247 e. The van der Waals surface area contributed by atoms with Gasteiger partial charge in [-0.3, -0.25) is 4.79 Å². The van der Waals surface area contributed by atoms with Gasteiger partial charge in [0.05, 0.1) is 24.0 Å². The Labute approximate surface area is 209 Å². The molecule has 0 fully saturated rings. The van der Waals surface area contributed by atoms with Crippen molar-refractivity contribution in [2.45, 2.75) is 0 Å². The topological polar surface area (TPSA) is 80.7 Å². The van der Waals surface area contributed by atoms with Crippen LogP contribution in [0.4, 0.5) is 21.6 Å². The number of methoxy groups -OCH3 is 1. The van der Waals surface area contributed by atoms with Gasteiger partial charge in [0.1, 0.15) is 29.7 Å². The number of fused-ring (bicyclic) bond motifs is 1. The average molecular weight is 490 g/mol. The lowest BCUT2D eigenvalue weighted by Crippen LogP contribution is -2.20.